The lowest BCUT2D eigenvalue weighted by atomic mass is 9.78. The molecule has 0 aromatic heterocycles. The van der Waals surface area contributed by atoms with E-state index in [0.717, 1.165) is 44.9 Å². The van der Waals surface area contributed by atoms with Crippen molar-refractivity contribution in [2.24, 2.45) is 27.1 Å². The van der Waals surface area contributed by atoms with E-state index in [1.165, 1.54) is 12.8 Å². The summed E-state index contributed by atoms with van der Waals surface area (Å²) in [4.78, 5) is 12.9. The maximum absolute atomic E-state index is 12.9. The second-order valence-corrected chi connectivity index (χ2v) is 19.3. The molecule has 2 aliphatic rings. The summed E-state index contributed by atoms with van der Waals surface area (Å²) in [5.41, 5.74) is -0.449. The van der Waals surface area contributed by atoms with Gasteiger partial charge in [0.25, 0.3) is 0 Å². The van der Waals surface area contributed by atoms with Gasteiger partial charge in [-0.3, -0.25) is 4.79 Å². The first kappa shape index (κ1) is 42.0. The summed E-state index contributed by atoms with van der Waals surface area (Å²) in [5.74, 6) is 2.15. The first-order valence-corrected chi connectivity index (χ1v) is 18.7. The molecule has 2 saturated heterocycles. The van der Waals surface area contributed by atoms with Gasteiger partial charge < -0.3 is 23.7 Å². The summed E-state index contributed by atoms with van der Waals surface area (Å²) < 4.78 is 32.1. The number of esters is 1. The highest BCUT2D eigenvalue weighted by atomic mass is 16.7. The number of ether oxygens (including phenoxy) is 5. The van der Waals surface area contributed by atoms with Gasteiger partial charge in [-0.1, -0.05) is 88.5 Å². The molecule has 2 fully saturated rings. The molecule has 2 heterocycles. The van der Waals surface area contributed by atoms with Crippen LogP contribution in [0.3, 0.4) is 0 Å². The fourth-order valence-corrected chi connectivity index (χ4v) is 7.26. The Morgan fingerprint density at radius 2 is 1.55 bits per heavy atom. The topological polar surface area (TPSA) is 63.2 Å². The second-order valence-electron chi connectivity index (χ2n) is 19.3. The Hall–Kier alpha value is -1.13. The zero-order valence-electron chi connectivity index (χ0n) is 33.0. The number of terminal acetylenes is 1. The van der Waals surface area contributed by atoms with E-state index in [-0.39, 0.29) is 45.4 Å². The maximum Gasteiger partial charge on any atom is 0.306 e. The van der Waals surface area contributed by atoms with Crippen LogP contribution < -0.4 is 0 Å². The molecule has 2 rings (SSSR count). The van der Waals surface area contributed by atoms with Crippen LogP contribution in [0.2, 0.25) is 0 Å². The van der Waals surface area contributed by atoms with Crippen molar-refractivity contribution >= 4 is 5.97 Å². The number of carbonyl (C=O) groups is 1. The highest BCUT2D eigenvalue weighted by Crippen LogP contribution is 2.44. The molecule has 0 aliphatic carbocycles. The standard InChI is InChI=1S/C41H74O6/c1-15-37(10,11)28-41(27-36(7,8)9)44-30-39(13,31-45-41)29-43-26-32-21-23-40(14,47-32)25-33(24-35(4,5)6)46-34(42)20-18-19-22-38(12,16-2)17-3/h1,32-33H,16-31H2,2-14H3. The molecule has 3 unspecified atom stereocenters. The predicted octanol–water partition coefficient (Wildman–Crippen LogP) is 10.3. The Bertz CT molecular complexity index is 998. The molecule has 47 heavy (non-hydrogen) atoms. The van der Waals surface area contributed by atoms with Crippen LogP contribution in [0.4, 0.5) is 0 Å². The molecule has 3 atom stereocenters. The minimum absolute atomic E-state index is 0.0165. The Morgan fingerprint density at radius 1 is 0.936 bits per heavy atom. The molecule has 6 heteroatoms. The second kappa shape index (κ2) is 16.7. The summed E-state index contributed by atoms with van der Waals surface area (Å²) >= 11 is 0. The van der Waals surface area contributed by atoms with Crippen LogP contribution in [-0.2, 0) is 28.5 Å². The number of rotatable bonds is 18. The highest BCUT2D eigenvalue weighted by molar-refractivity contribution is 5.69. The molecule has 0 bridgehead atoms. The van der Waals surface area contributed by atoms with Crippen molar-refractivity contribution in [3.05, 3.63) is 0 Å². The molecular weight excluding hydrogens is 588 g/mol. The molecule has 0 aromatic carbocycles. The molecule has 0 amide bonds. The van der Waals surface area contributed by atoms with Crippen LogP contribution in [0.15, 0.2) is 0 Å². The van der Waals surface area contributed by atoms with E-state index < -0.39 is 5.79 Å². The average molecular weight is 663 g/mol. The summed E-state index contributed by atoms with van der Waals surface area (Å²) in [5, 5.41) is 0. The number of carbonyl (C=O) groups excluding carboxylic acids is 1. The number of hydrogen-bond acceptors (Lipinski definition) is 6. The predicted molar refractivity (Wildman–Crippen MR) is 193 cm³/mol. The van der Waals surface area contributed by atoms with Crippen LogP contribution in [0.1, 0.15) is 167 Å². The minimum Gasteiger partial charge on any atom is -0.462 e. The van der Waals surface area contributed by atoms with Crippen molar-refractivity contribution in [2.75, 3.05) is 26.4 Å². The van der Waals surface area contributed by atoms with Crippen molar-refractivity contribution in [3.63, 3.8) is 0 Å². The zero-order chi connectivity index (χ0) is 35.8. The van der Waals surface area contributed by atoms with Crippen LogP contribution in [-0.4, -0.2) is 56.0 Å². The van der Waals surface area contributed by atoms with Crippen LogP contribution in [0.25, 0.3) is 0 Å². The lowest BCUT2D eigenvalue weighted by Gasteiger charge is -2.48. The normalized spacial score (nSPS) is 28.2. The third kappa shape index (κ3) is 15.1. The SMILES string of the molecule is C#CC(C)(C)CC1(CC(C)(C)C)OCC(C)(COCC2CCC(C)(CC(CC(C)(C)C)OC(=O)CCCCC(C)(CC)CC)O2)CO1. The fraction of sp³-hybridized carbons (Fsp3) is 0.927. The number of hydrogen-bond donors (Lipinski definition) is 0. The third-order valence-corrected chi connectivity index (χ3v) is 10.4. The van der Waals surface area contributed by atoms with Gasteiger partial charge in [-0.2, -0.15) is 0 Å². The van der Waals surface area contributed by atoms with Crippen LogP contribution >= 0.6 is 0 Å². The molecule has 2 aliphatic heterocycles. The first-order valence-electron chi connectivity index (χ1n) is 18.7. The summed E-state index contributed by atoms with van der Waals surface area (Å²) in [6.07, 6.45) is 16.5. The third-order valence-electron chi connectivity index (χ3n) is 10.4. The van der Waals surface area contributed by atoms with E-state index in [2.05, 4.69) is 95.9 Å². The molecule has 0 N–H and O–H groups in total. The van der Waals surface area contributed by atoms with Gasteiger partial charge >= 0.3 is 5.97 Å². The van der Waals surface area contributed by atoms with Crippen LogP contribution in [0.5, 0.6) is 0 Å². The first-order chi connectivity index (χ1) is 21.5. The van der Waals surface area contributed by atoms with Crippen molar-refractivity contribution in [2.45, 2.75) is 191 Å². The molecule has 274 valence electrons. The molecule has 0 radical (unpaired) electrons. The van der Waals surface area contributed by atoms with Gasteiger partial charge in [-0.25, -0.2) is 0 Å². The van der Waals surface area contributed by atoms with Crippen molar-refractivity contribution in [1.29, 1.82) is 0 Å². The molecule has 0 spiro atoms. The highest BCUT2D eigenvalue weighted by Gasteiger charge is 2.47. The quantitative estimate of drug-likeness (QED) is 0.0827. The van der Waals surface area contributed by atoms with Gasteiger partial charge in [0.1, 0.15) is 6.10 Å². The van der Waals surface area contributed by atoms with Crippen LogP contribution in [0, 0.1) is 39.4 Å². The smallest absolute Gasteiger partial charge is 0.306 e. The largest absolute Gasteiger partial charge is 0.462 e. The monoisotopic (exact) mass is 663 g/mol. The summed E-state index contributed by atoms with van der Waals surface area (Å²) in [7, 11) is 0. The molecule has 0 saturated carbocycles. The van der Waals surface area contributed by atoms with Gasteiger partial charge in [-0.05, 0) is 69.1 Å². The van der Waals surface area contributed by atoms with Crippen molar-refractivity contribution in [3.8, 4) is 12.3 Å². The van der Waals surface area contributed by atoms with E-state index in [0.29, 0.717) is 51.1 Å². The van der Waals surface area contributed by atoms with E-state index in [4.69, 9.17) is 30.1 Å². The van der Waals surface area contributed by atoms with E-state index in [1.54, 1.807) is 0 Å². The minimum atomic E-state index is -0.692. The lowest BCUT2D eigenvalue weighted by Crippen LogP contribution is -2.53. The van der Waals surface area contributed by atoms with Crippen molar-refractivity contribution < 1.29 is 28.5 Å². The van der Waals surface area contributed by atoms with Gasteiger partial charge in [0, 0.05) is 36.5 Å². The molecular formula is C41H74O6. The zero-order valence-corrected chi connectivity index (χ0v) is 33.0. The summed E-state index contributed by atoms with van der Waals surface area (Å²) in [6, 6.07) is 0. The lowest BCUT2D eigenvalue weighted by molar-refractivity contribution is -0.325. The van der Waals surface area contributed by atoms with Crippen molar-refractivity contribution in [1.82, 2.24) is 0 Å². The molecule has 6 nitrogen and oxygen atoms in total. The van der Waals surface area contributed by atoms with Gasteiger partial charge in [0.05, 0.1) is 38.1 Å². The van der Waals surface area contributed by atoms with Gasteiger partial charge in [0.2, 0.25) is 0 Å². The fourth-order valence-electron chi connectivity index (χ4n) is 7.26. The Balaban J connectivity index is 1.88. The Morgan fingerprint density at radius 3 is 2.09 bits per heavy atom. The number of unbranched alkanes of at least 4 members (excludes halogenated alkanes) is 1. The maximum atomic E-state index is 12.9. The van der Waals surface area contributed by atoms with E-state index in [9.17, 15) is 4.79 Å². The Labute approximate surface area is 290 Å². The summed E-state index contributed by atoms with van der Waals surface area (Å²) in [6.45, 7) is 30.8. The Kier molecular flexibility index (Phi) is 15.0. The van der Waals surface area contributed by atoms with Gasteiger partial charge in [-0.15, -0.1) is 12.3 Å². The van der Waals surface area contributed by atoms with E-state index in [1.807, 2.05) is 0 Å². The van der Waals surface area contributed by atoms with Gasteiger partial charge in [0.15, 0.2) is 5.79 Å². The molecule has 0 aromatic rings. The average Bonchev–Trinajstić information content (AvgIpc) is 3.30. The van der Waals surface area contributed by atoms with E-state index >= 15 is 0 Å².